The smallest absolute Gasteiger partial charge is 0.422 e. The summed E-state index contributed by atoms with van der Waals surface area (Å²) in [7, 11) is 0. The summed E-state index contributed by atoms with van der Waals surface area (Å²) in [6.07, 6.45) is -1.10. The highest BCUT2D eigenvalue weighted by Gasteiger charge is 2.28. The number of hydrogen-bond acceptors (Lipinski definition) is 4. The van der Waals surface area contributed by atoms with Crippen LogP contribution in [0.3, 0.4) is 0 Å². The van der Waals surface area contributed by atoms with E-state index >= 15 is 0 Å². The summed E-state index contributed by atoms with van der Waals surface area (Å²) in [5.41, 5.74) is 3.31. The van der Waals surface area contributed by atoms with E-state index in [2.05, 4.69) is 20.4 Å². The average molecular weight is 468 g/mol. The monoisotopic (exact) mass is 468 g/mol. The molecule has 2 aromatic heterocycles. The van der Waals surface area contributed by atoms with E-state index < -0.39 is 12.8 Å². The van der Waals surface area contributed by atoms with Crippen LogP contribution >= 0.6 is 0 Å². The van der Waals surface area contributed by atoms with E-state index in [1.165, 1.54) is 12.3 Å². The summed E-state index contributed by atoms with van der Waals surface area (Å²) in [5.74, 6) is -0.247. The number of carbonyl (C=O) groups is 1. The maximum atomic E-state index is 12.8. The van der Waals surface area contributed by atoms with Gasteiger partial charge in [-0.2, -0.15) is 13.2 Å². The maximum absolute atomic E-state index is 12.8. The molecule has 0 saturated carbocycles. The van der Waals surface area contributed by atoms with Crippen LogP contribution in [0.1, 0.15) is 15.9 Å². The van der Waals surface area contributed by atoms with Crippen molar-refractivity contribution in [2.24, 2.45) is 0 Å². The normalized spacial score (nSPS) is 11.5. The third-order valence-electron chi connectivity index (χ3n) is 5.09. The number of aromatic nitrogens is 2. The zero-order valence-electron chi connectivity index (χ0n) is 18.2. The topological polar surface area (TPSA) is 68.2 Å². The minimum Gasteiger partial charge on any atom is -0.468 e. The van der Waals surface area contributed by atoms with Crippen molar-refractivity contribution in [1.29, 1.82) is 0 Å². The summed E-state index contributed by atoms with van der Waals surface area (Å²) in [6, 6.07) is 20.6. The largest absolute Gasteiger partial charge is 0.468 e. The Morgan fingerprint density at radius 3 is 2.47 bits per heavy atom. The van der Waals surface area contributed by atoms with Crippen LogP contribution in [0.25, 0.3) is 16.6 Å². The Hall–Kier alpha value is -3.85. The van der Waals surface area contributed by atoms with Crippen molar-refractivity contribution < 1.29 is 22.7 Å². The third kappa shape index (κ3) is 5.93. The van der Waals surface area contributed by atoms with Gasteiger partial charge in [-0.1, -0.05) is 42.5 Å². The maximum Gasteiger partial charge on any atom is 0.422 e. The number of ether oxygens (including phenoxy) is 1. The number of para-hydroxylation sites is 2. The highest BCUT2D eigenvalue weighted by molar-refractivity contribution is 6.07. The SMILES string of the molecule is O=C(NCCNCc1ccc(OCC(F)(F)F)nc1)c1cn(-c2ccccc2)c2ccccc12. The molecule has 0 aliphatic rings. The zero-order chi connectivity index (χ0) is 24.0. The lowest BCUT2D eigenvalue weighted by Crippen LogP contribution is -2.31. The molecule has 1 amide bonds. The first-order valence-electron chi connectivity index (χ1n) is 10.7. The second-order valence-electron chi connectivity index (χ2n) is 7.61. The predicted molar refractivity (Wildman–Crippen MR) is 123 cm³/mol. The van der Waals surface area contributed by atoms with Gasteiger partial charge in [0.2, 0.25) is 5.88 Å². The van der Waals surface area contributed by atoms with Crippen LogP contribution in [0, 0.1) is 0 Å². The van der Waals surface area contributed by atoms with Crippen LogP contribution in [0.4, 0.5) is 13.2 Å². The Bertz CT molecular complexity index is 1240. The number of hydrogen-bond donors (Lipinski definition) is 2. The molecule has 0 unspecified atom stereocenters. The molecule has 0 bridgehead atoms. The molecule has 0 aliphatic heterocycles. The number of benzene rings is 2. The van der Waals surface area contributed by atoms with Gasteiger partial charge in [-0.3, -0.25) is 4.79 Å². The molecule has 176 valence electrons. The molecule has 4 aromatic rings. The molecular weight excluding hydrogens is 445 g/mol. The highest BCUT2D eigenvalue weighted by atomic mass is 19.4. The molecule has 0 spiro atoms. The number of carbonyl (C=O) groups excluding carboxylic acids is 1. The fraction of sp³-hybridized carbons (Fsp3) is 0.200. The van der Waals surface area contributed by atoms with Crippen LogP contribution in [-0.4, -0.2) is 41.3 Å². The lowest BCUT2D eigenvalue weighted by atomic mass is 10.1. The quantitative estimate of drug-likeness (QED) is 0.356. The van der Waals surface area contributed by atoms with Crippen LogP contribution in [0.2, 0.25) is 0 Å². The van der Waals surface area contributed by atoms with Gasteiger partial charge in [-0.15, -0.1) is 0 Å². The highest BCUT2D eigenvalue weighted by Crippen LogP contribution is 2.24. The lowest BCUT2D eigenvalue weighted by Gasteiger charge is -2.09. The molecule has 6 nitrogen and oxygen atoms in total. The predicted octanol–water partition coefficient (Wildman–Crippen LogP) is 4.49. The summed E-state index contributed by atoms with van der Waals surface area (Å²) >= 11 is 0. The molecule has 2 aromatic carbocycles. The molecule has 0 saturated heterocycles. The van der Waals surface area contributed by atoms with Gasteiger partial charge >= 0.3 is 6.18 Å². The molecule has 2 N–H and O–H groups in total. The Morgan fingerprint density at radius 1 is 0.971 bits per heavy atom. The second kappa shape index (κ2) is 10.4. The fourth-order valence-corrected chi connectivity index (χ4v) is 3.51. The molecule has 2 heterocycles. The Morgan fingerprint density at radius 2 is 1.74 bits per heavy atom. The number of nitrogens with one attached hydrogen (secondary N) is 2. The Kier molecular flexibility index (Phi) is 7.12. The van der Waals surface area contributed by atoms with Gasteiger partial charge in [0.15, 0.2) is 6.61 Å². The number of fused-ring (bicyclic) bond motifs is 1. The lowest BCUT2D eigenvalue weighted by molar-refractivity contribution is -0.154. The number of alkyl halides is 3. The zero-order valence-corrected chi connectivity index (χ0v) is 18.2. The van der Waals surface area contributed by atoms with Gasteiger partial charge in [-0.05, 0) is 23.8 Å². The molecule has 0 fully saturated rings. The van der Waals surface area contributed by atoms with Crippen molar-refractivity contribution in [1.82, 2.24) is 20.2 Å². The first-order valence-corrected chi connectivity index (χ1v) is 10.7. The van der Waals surface area contributed by atoms with E-state index in [0.717, 1.165) is 22.2 Å². The minimum atomic E-state index is -4.40. The van der Waals surface area contributed by atoms with E-state index in [0.29, 0.717) is 25.2 Å². The summed E-state index contributed by atoms with van der Waals surface area (Å²) < 4.78 is 43.1. The van der Waals surface area contributed by atoms with E-state index in [1.54, 1.807) is 6.07 Å². The van der Waals surface area contributed by atoms with Crippen molar-refractivity contribution in [2.75, 3.05) is 19.7 Å². The Labute approximate surface area is 194 Å². The first-order chi connectivity index (χ1) is 16.4. The van der Waals surface area contributed by atoms with Crippen molar-refractivity contribution in [3.05, 3.63) is 90.3 Å². The van der Waals surface area contributed by atoms with Crippen LogP contribution in [0.15, 0.2) is 79.1 Å². The number of halogens is 3. The Balaban J connectivity index is 1.29. The molecule has 34 heavy (non-hydrogen) atoms. The number of amides is 1. The van der Waals surface area contributed by atoms with Crippen LogP contribution < -0.4 is 15.4 Å². The third-order valence-corrected chi connectivity index (χ3v) is 5.09. The fourth-order valence-electron chi connectivity index (χ4n) is 3.51. The van der Waals surface area contributed by atoms with Crippen molar-refractivity contribution in [2.45, 2.75) is 12.7 Å². The molecule has 4 rings (SSSR count). The molecule has 0 atom stereocenters. The number of pyridine rings is 1. The molecule has 0 aliphatic carbocycles. The minimum absolute atomic E-state index is 0.0806. The van der Waals surface area contributed by atoms with Gasteiger partial charge in [0.25, 0.3) is 5.91 Å². The summed E-state index contributed by atoms with van der Waals surface area (Å²) in [5, 5.41) is 6.97. The summed E-state index contributed by atoms with van der Waals surface area (Å²) in [6.45, 7) is -0.00365. The molecule has 9 heteroatoms. The van der Waals surface area contributed by atoms with E-state index in [4.69, 9.17) is 0 Å². The van der Waals surface area contributed by atoms with Gasteiger partial charge in [0.05, 0.1) is 11.1 Å². The standard InChI is InChI=1S/C25H23F3N4O2/c26-25(27,28)17-34-23-11-10-18(15-31-23)14-29-12-13-30-24(33)21-16-32(19-6-2-1-3-7-19)22-9-5-4-8-20(21)22/h1-11,15-16,29H,12-14,17H2,(H,30,33). The second-order valence-corrected chi connectivity index (χ2v) is 7.61. The number of nitrogens with zero attached hydrogens (tertiary/aromatic N) is 2. The van der Waals surface area contributed by atoms with Crippen molar-refractivity contribution in [3.8, 4) is 11.6 Å². The number of rotatable bonds is 9. The van der Waals surface area contributed by atoms with Crippen LogP contribution in [0.5, 0.6) is 5.88 Å². The van der Waals surface area contributed by atoms with Gasteiger partial charge in [0.1, 0.15) is 0 Å². The molecule has 0 radical (unpaired) electrons. The van der Waals surface area contributed by atoms with Gasteiger partial charge in [-0.25, -0.2) is 4.98 Å². The summed E-state index contributed by atoms with van der Waals surface area (Å²) in [4.78, 5) is 16.7. The van der Waals surface area contributed by atoms with E-state index in [1.807, 2.05) is 65.4 Å². The van der Waals surface area contributed by atoms with Crippen molar-refractivity contribution >= 4 is 16.8 Å². The van der Waals surface area contributed by atoms with Gasteiger partial charge < -0.3 is 19.9 Å². The van der Waals surface area contributed by atoms with E-state index in [-0.39, 0.29) is 11.8 Å². The van der Waals surface area contributed by atoms with Crippen molar-refractivity contribution in [3.63, 3.8) is 0 Å². The van der Waals surface area contributed by atoms with Crippen LogP contribution in [-0.2, 0) is 6.54 Å². The van der Waals surface area contributed by atoms with Gasteiger partial charge in [0, 0.05) is 49.2 Å². The first kappa shape index (κ1) is 23.3. The average Bonchev–Trinajstić information content (AvgIpc) is 3.23. The molecular formula is C25H23F3N4O2. The van der Waals surface area contributed by atoms with E-state index in [9.17, 15) is 18.0 Å².